The molecule has 1 atom stereocenters. The third-order valence-corrected chi connectivity index (χ3v) is 6.99. The van der Waals surface area contributed by atoms with Crippen LogP contribution in [0.2, 0.25) is 0 Å². The molecule has 2 aromatic heterocycles. The lowest BCUT2D eigenvalue weighted by molar-refractivity contribution is 0.146. The van der Waals surface area contributed by atoms with Crippen molar-refractivity contribution in [3.8, 4) is 0 Å². The van der Waals surface area contributed by atoms with E-state index in [0.29, 0.717) is 17.3 Å². The highest BCUT2D eigenvalue weighted by Crippen LogP contribution is 2.33. The van der Waals surface area contributed by atoms with Crippen LogP contribution in [0, 0.1) is 12.7 Å². The first-order chi connectivity index (χ1) is 15.4. The predicted octanol–water partition coefficient (Wildman–Crippen LogP) is 6.07. The average molecular weight is 459 g/mol. The molecule has 0 radical (unpaired) electrons. The second-order valence-corrected chi connectivity index (χ2v) is 9.73. The molecule has 0 spiro atoms. The topological polar surface area (TPSA) is 50.7 Å². The Labute approximate surface area is 187 Å². The fourth-order valence-electron chi connectivity index (χ4n) is 3.87. The molecule has 32 heavy (non-hydrogen) atoms. The molecule has 4 rings (SSSR count). The van der Waals surface area contributed by atoms with E-state index in [0.717, 1.165) is 47.1 Å². The first-order valence-electron chi connectivity index (χ1n) is 10.5. The van der Waals surface area contributed by atoms with E-state index in [1.54, 1.807) is 6.92 Å². The Morgan fingerprint density at radius 1 is 1.22 bits per heavy atom. The number of benzene rings is 1. The van der Waals surface area contributed by atoms with Gasteiger partial charge in [0.1, 0.15) is 17.5 Å². The standard InChI is InChI=1S/C24H25F3N4S/c1-4-20-18(15-8-10-32(3)11-9-15)12-19-23(29-14(2)30-24(19)31-20)28-13-16-6-5-7-17(21(16)25)22(26)27/h5-8,12,22H,3-4,9-11,13H2,1-2H3,(H,28,29,30,31). The van der Waals surface area contributed by atoms with Crippen LogP contribution in [0.25, 0.3) is 16.6 Å². The number of fused-ring (bicyclic) bond motifs is 1. The van der Waals surface area contributed by atoms with Gasteiger partial charge in [-0.05, 0) is 42.7 Å². The van der Waals surface area contributed by atoms with Crippen LogP contribution in [0.3, 0.4) is 0 Å². The Morgan fingerprint density at radius 2 is 2.03 bits per heavy atom. The van der Waals surface area contributed by atoms with Gasteiger partial charge in [-0.25, -0.2) is 28.1 Å². The van der Waals surface area contributed by atoms with Crippen molar-refractivity contribution in [2.24, 2.45) is 0 Å². The molecule has 1 aromatic carbocycles. The minimum atomic E-state index is -2.86. The molecule has 1 aliphatic rings. The van der Waals surface area contributed by atoms with Gasteiger partial charge in [-0.15, -0.1) is 0 Å². The van der Waals surface area contributed by atoms with Gasteiger partial charge in [0.05, 0.1) is 16.6 Å². The number of aromatic nitrogens is 3. The Hall–Kier alpha value is -2.74. The molecule has 8 heteroatoms. The Kier molecular flexibility index (Phi) is 6.60. The lowest BCUT2D eigenvalue weighted by atomic mass is 9.98. The van der Waals surface area contributed by atoms with Crippen LogP contribution in [0.4, 0.5) is 19.0 Å². The van der Waals surface area contributed by atoms with E-state index in [-0.39, 0.29) is 22.6 Å². The molecule has 0 aliphatic carbocycles. The molecule has 3 heterocycles. The van der Waals surface area contributed by atoms with Gasteiger partial charge in [0.25, 0.3) is 6.43 Å². The van der Waals surface area contributed by atoms with Crippen molar-refractivity contribution >= 4 is 38.8 Å². The number of nitrogens with zero attached hydrogens (tertiary/aromatic N) is 3. The lowest BCUT2D eigenvalue weighted by Gasteiger charge is -2.19. The van der Waals surface area contributed by atoms with Crippen molar-refractivity contribution in [2.45, 2.75) is 39.7 Å². The molecule has 4 nitrogen and oxygen atoms in total. The van der Waals surface area contributed by atoms with E-state index in [9.17, 15) is 13.2 Å². The van der Waals surface area contributed by atoms with E-state index >= 15 is 0 Å². The Bertz CT molecular complexity index is 1220. The molecule has 0 saturated carbocycles. The van der Waals surface area contributed by atoms with Gasteiger partial charge in [-0.2, -0.15) is 10.5 Å². The molecular formula is C24H25F3N4S. The van der Waals surface area contributed by atoms with Crippen LogP contribution in [0.1, 0.15) is 48.0 Å². The van der Waals surface area contributed by atoms with Crippen molar-refractivity contribution in [1.82, 2.24) is 15.0 Å². The SMILES string of the molecule is C=S1CC=C(c2cc3c(NCc4cccc(C(F)F)c4F)nc(C)nc3nc2CC)CC1. The maximum Gasteiger partial charge on any atom is 0.266 e. The second kappa shape index (κ2) is 9.40. The highest BCUT2D eigenvalue weighted by atomic mass is 32.2. The molecule has 168 valence electrons. The van der Waals surface area contributed by atoms with E-state index in [2.05, 4.69) is 34.2 Å². The first kappa shape index (κ1) is 22.5. The van der Waals surface area contributed by atoms with Gasteiger partial charge in [0.2, 0.25) is 0 Å². The summed E-state index contributed by atoms with van der Waals surface area (Å²) in [6.07, 6.45) is 1.11. The fraction of sp³-hybridized carbons (Fsp3) is 0.333. The maximum atomic E-state index is 14.5. The maximum absolute atomic E-state index is 14.5. The summed E-state index contributed by atoms with van der Waals surface area (Å²) in [5, 5.41) is 3.85. The molecule has 1 unspecified atom stereocenters. The highest BCUT2D eigenvalue weighted by Gasteiger charge is 2.18. The molecule has 0 saturated heterocycles. The van der Waals surface area contributed by atoms with E-state index in [4.69, 9.17) is 4.98 Å². The first-order valence-corrected chi connectivity index (χ1v) is 12.2. The van der Waals surface area contributed by atoms with Crippen LogP contribution >= 0.6 is 10.5 Å². The van der Waals surface area contributed by atoms with Crippen LogP contribution in [-0.2, 0) is 13.0 Å². The van der Waals surface area contributed by atoms with Crippen molar-refractivity contribution in [3.63, 3.8) is 0 Å². The minimum Gasteiger partial charge on any atom is -0.365 e. The summed E-state index contributed by atoms with van der Waals surface area (Å²) >= 11 is 0. The van der Waals surface area contributed by atoms with Gasteiger partial charge >= 0.3 is 0 Å². The normalized spacial score (nSPS) is 16.4. The number of rotatable bonds is 6. The third kappa shape index (κ3) is 4.55. The number of hydrogen-bond acceptors (Lipinski definition) is 4. The van der Waals surface area contributed by atoms with Crippen molar-refractivity contribution in [1.29, 1.82) is 0 Å². The second-order valence-electron chi connectivity index (χ2n) is 7.76. The summed E-state index contributed by atoms with van der Waals surface area (Å²) in [5.74, 6) is 6.35. The number of hydrogen-bond donors (Lipinski definition) is 1. The third-order valence-electron chi connectivity index (χ3n) is 5.57. The molecule has 3 aromatic rings. The number of halogens is 3. The number of alkyl halides is 2. The average Bonchev–Trinajstić information content (AvgIpc) is 2.77. The molecule has 0 amide bonds. The summed E-state index contributed by atoms with van der Waals surface area (Å²) in [6, 6.07) is 6.08. The Morgan fingerprint density at radius 3 is 2.72 bits per heavy atom. The highest BCUT2D eigenvalue weighted by molar-refractivity contribution is 8.14. The zero-order valence-electron chi connectivity index (χ0n) is 18.1. The summed E-state index contributed by atoms with van der Waals surface area (Å²) < 4.78 is 40.6. The van der Waals surface area contributed by atoms with Gasteiger partial charge in [-0.3, -0.25) is 0 Å². The largest absolute Gasteiger partial charge is 0.365 e. The predicted molar refractivity (Wildman–Crippen MR) is 127 cm³/mol. The molecular weight excluding hydrogens is 433 g/mol. The summed E-state index contributed by atoms with van der Waals surface area (Å²) in [5.41, 5.74) is 3.44. The number of nitrogens with one attached hydrogen (secondary N) is 1. The number of allylic oxidation sites excluding steroid dienone is 1. The van der Waals surface area contributed by atoms with Crippen LogP contribution in [-0.4, -0.2) is 32.3 Å². The number of aryl methyl sites for hydroxylation is 2. The van der Waals surface area contributed by atoms with Crippen LogP contribution in [0.5, 0.6) is 0 Å². The van der Waals surface area contributed by atoms with Gasteiger partial charge in [0, 0.05) is 17.9 Å². The van der Waals surface area contributed by atoms with Gasteiger partial charge < -0.3 is 5.32 Å². The fourth-order valence-corrected chi connectivity index (χ4v) is 4.98. The molecule has 0 bridgehead atoms. The molecule has 1 N–H and O–H groups in total. The van der Waals surface area contributed by atoms with Crippen molar-refractivity contribution < 1.29 is 13.2 Å². The van der Waals surface area contributed by atoms with Gasteiger partial charge in [0.15, 0.2) is 5.65 Å². The van der Waals surface area contributed by atoms with Crippen LogP contribution in [0.15, 0.2) is 30.3 Å². The monoisotopic (exact) mass is 458 g/mol. The number of pyridine rings is 1. The molecule has 1 aliphatic heterocycles. The van der Waals surface area contributed by atoms with Crippen molar-refractivity contribution in [3.05, 3.63) is 64.4 Å². The Balaban J connectivity index is 1.74. The smallest absolute Gasteiger partial charge is 0.266 e. The molecule has 0 fully saturated rings. The van der Waals surface area contributed by atoms with E-state index in [1.165, 1.54) is 17.7 Å². The van der Waals surface area contributed by atoms with Crippen molar-refractivity contribution in [2.75, 3.05) is 16.8 Å². The van der Waals surface area contributed by atoms with Gasteiger partial charge in [-0.1, -0.05) is 37.1 Å². The van der Waals surface area contributed by atoms with E-state index < -0.39 is 17.8 Å². The summed E-state index contributed by atoms with van der Waals surface area (Å²) in [6.45, 7) is 3.86. The van der Waals surface area contributed by atoms with Crippen LogP contribution < -0.4 is 5.32 Å². The zero-order valence-corrected chi connectivity index (χ0v) is 18.9. The summed E-state index contributed by atoms with van der Waals surface area (Å²) in [7, 11) is 0.167. The lowest BCUT2D eigenvalue weighted by Crippen LogP contribution is -2.09. The quantitative estimate of drug-likeness (QED) is 0.456. The number of anilines is 1. The minimum absolute atomic E-state index is 0.0236. The van der Waals surface area contributed by atoms with E-state index in [1.807, 2.05) is 6.07 Å². The zero-order chi connectivity index (χ0) is 22.8. The summed E-state index contributed by atoms with van der Waals surface area (Å²) in [4.78, 5) is 13.8.